The Morgan fingerprint density at radius 1 is 1.30 bits per heavy atom. The smallest absolute Gasteiger partial charge is 0.193 e. The highest BCUT2D eigenvalue weighted by Gasteiger charge is 2.14. The van der Waals surface area contributed by atoms with Crippen LogP contribution in [-0.4, -0.2) is 19.0 Å². The molecule has 0 bridgehead atoms. The van der Waals surface area contributed by atoms with Crippen LogP contribution in [0.25, 0.3) is 10.5 Å². The third-order valence-electron chi connectivity index (χ3n) is 3.43. The lowest BCUT2D eigenvalue weighted by Crippen LogP contribution is -2.13. The Bertz CT molecular complexity index is 843. The fourth-order valence-corrected chi connectivity index (χ4v) is 3.17. The van der Waals surface area contributed by atoms with Crippen molar-refractivity contribution in [1.29, 1.82) is 0 Å². The van der Waals surface area contributed by atoms with Gasteiger partial charge in [0.05, 0.1) is 17.4 Å². The molecule has 4 aromatic rings. The van der Waals surface area contributed by atoms with Gasteiger partial charge in [0, 0.05) is 42.0 Å². The Morgan fingerprint density at radius 2 is 2.25 bits per heavy atom. The van der Waals surface area contributed by atoms with Gasteiger partial charge in [-0.15, -0.1) is 11.3 Å². The number of nitrogens with two attached hydrogens (primary N) is 1. The number of hydrogen-bond acceptors (Lipinski definition) is 4. The topological polar surface area (TPSA) is 60.6 Å². The fraction of sp³-hybridized carbons (Fsp3) is 0.143. The van der Waals surface area contributed by atoms with E-state index in [0.717, 1.165) is 21.7 Å². The molecule has 5 nitrogen and oxygen atoms in total. The predicted octanol–water partition coefficient (Wildman–Crippen LogP) is 2.29. The summed E-state index contributed by atoms with van der Waals surface area (Å²) < 4.78 is 3.88. The molecular weight excluding hydrogens is 270 g/mol. The van der Waals surface area contributed by atoms with E-state index >= 15 is 0 Å². The summed E-state index contributed by atoms with van der Waals surface area (Å²) in [6.07, 6.45) is 8.54. The monoisotopic (exact) mass is 283 g/mol. The van der Waals surface area contributed by atoms with Gasteiger partial charge in [-0.1, -0.05) is 6.07 Å². The van der Waals surface area contributed by atoms with E-state index in [9.17, 15) is 0 Å². The summed E-state index contributed by atoms with van der Waals surface area (Å²) in [5.74, 6) is 0. The molecule has 100 valence electrons. The van der Waals surface area contributed by atoms with Crippen molar-refractivity contribution in [2.24, 2.45) is 5.73 Å². The maximum Gasteiger partial charge on any atom is 0.193 e. The number of pyridine rings is 1. The van der Waals surface area contributed by atoms with Crippen molar-refractivity contribution in [2.45, 2.75) is 12.5 Å². The molecule has 4 rings (SSSR count). The molecule has 6 heteroatoms. The second kappa shape index (κ2) is 4.43. The van der Waals surface area contributed by atoms with Crippen molar-refractivity contribution < 1.29 is 0 Å². The van der Waals surface area contributed by atoms with Crippen LogP contribution in [0.15, 0.2) is 48.4 Å². The van der Waals surface area contributed by atoms with Crippen LogP contribution in [0.5, 0.6) is 0 Å². The number of thiazole rings is 1. The molecule has 20 heavy (non-hydrogen) atoms. The number of rotatable bonds is 3. The average Bonchev–Trinajstić information content (AvgIpc) is 3.10. The molecule has 1 atom stereocenters. The first-order valence-corrected chi connectivity index (χ1v) is 7.28. The van der Waals surface area contributed by atoms with Crippen molar-refractivity contribution in [3.63, 3.8) is 0 Å². The molecule has 4 heterocycles. The largest absolute Gasteiger partial charge is 0.324 e. The molecule has 0 radical (unpaired) electrons. The molecule has 0 aliphatic carbocycles. The highest BCUT2D eigenvalue weighted by Crippen LogP contribution is 2.21. The van der Waals surface area contributed by atoms with Crippen LogP contribution < -0.4 is 5.73 Å². The minimum atomic E-state index is -0.0977. The van der Waals surface area contributed by atoms with Crippen molar-refractivity contribution in [3.05, 3.63) is 59.6 Å². The normalized spacial score (nSPS) is 13.2. The lowest BCUT2D eigenvalue weighted by Gasteiger charge is -2.08. The molecule has 0 amide bonds. The first-order chi connectivity index (χ1) is 9.81. The molecule has 0 aromatic carbocycles. The maximum absolute atomic E-state index is 6.33. The van der Waals surface area contributed by atoms with Crippen LogP contribution in [0.1, 0.15) is 17.3 Å². The van der Waals surface area contributed by atoms with Gasteiger partial charge in [-0.25, -0.2) is 9.50 Å². The average molecular weight is 283 g/mol. The SMILES string of the molecule is NC(Cc1cn2ccsc2n1)c1cnn2ccccc12. The summed E-state index contributed by atoms with van der Waals surface area (Å²) in [6, 6.07) is 5.89. The van der Waals surface area contributed by atoms with E-state index in [4.69, 9.17) is 5.73 Å². The van der Waals surface area contributed by atoms with Crippen molar-refractivity contribution >= 4 is 21.8 Å². The third-order valence-corrected chi connectivity index (χ3v) is 4.20. The zero-order valence-electron chi connectivity index (χ0n) is 10.7. The summed E-state index contributed by atoms with van der Waals surface area (Å²) in [6.45, 7) is 0. The van der Waals surface area contributed by atoms with E-state index in [1.54, 1.807) is 11.3 Å². The molecule has 0 spiro atoms. The van der Waals surface area contributed by atoms with Gasteiger partial charge in [-0.2, -0.15) is 5.10 Å². The van der Waals surface area contributed by atoms with Gasteiger partial charge in [0.15, 0.2) is 4.96 Å². The van der Waals surface area contributed by atoms with Crippen LogP contribution >= 0.6 is 11.3 Å². The zero-order chi connectivity index (χ0) is 13.5. The van der Waals surface area contributed by atoms with E-state index in [-0.39, 0.29) is 6.04 Å². The Kier molecular flexibility index (Phi) is 2.58. The van der Waals surface area contributed by atoms with Crippen molar-refractivity contribution in [1.82, 2.24) is 19.0 Å². The molecule has 0 fully saturated rings. The molecule has 0 saturated heterocycles. The summed E-state index contributed by atoms with van der Waals surface area (Å²) >= 11 is 1.63. The standard InChI is InChI=1S/C14H13N5S/c15-12(7-10-9-18-5-6-20-14(18)17-10)11-8-16-19-4-2-1-3-13(11)19/h1-6,8-9,12H,7,15H2. The van der Waals surface area contributed by atoms with Gasteiger partial charge in [0.1, 0.15) is 0 Å². The summed E-state index contributed by atoms with van der Waals surface area (Å²) in [7, 11) is 0. The summed E-state index contributed by atoms with van der Waals surface area (Å²) in [5.41, 5.74) is 9.46. The molecule has 0 saturated carbocycles. The first kappa shape index (κ1) is 11.6. The van der Waals surface area contributed by atoms with Crippen LogP contribution in [-0.2, 0) is 6.42 Å². The number of aromatic nitrogens is 4. The molecule has 0 aliphatic rings. The number of fused-ring (bicyclic) bond motifs is 2. The summed E-state index contributed by atoms with van der Waals surface area (Å²) in [5, 5.41) is 6.35. The van der Waals surface area contributed by atoms with E-state index in [0.29, 0.717) is 6.42 Å². The van der Waals surface area contributed by atoms with E-state index < -0.39 is 0 Å². The number of hydrogen-bond donors (Lipinski definition) is 1. The molecule has 4 aromatic heterocycles. The fourth-order valence-electron chi connectivity index (χ4n) is 2.45. The second-order valence-corrected chi connectivity index (χ2v) is 5.64. The number of nitrogens with zero attached hydrogens (tertiary/aromatic N) is 4. The Balaban J connectivity index is 1.66. The zero-order valence-corrected chi connectivity index (χ0v) is 11.5. The minimum absolute atomic E-state index is 0.0977. The van der Waals surface area contributed by atoms with E-state index in [1.165, 1.54) is 0 Å². The second-order valence-electron chi connectivity index (χ2n) is 4.77. The van der Waals surface area contributed by atoms with Crippen LogP contribution in [0, 0.1) is 0 Å². The van der Waals surface area contributed by atoms with Crippen LogP contribution in [0.4, 0.5) is 0 Å². The van der Waals surface area contributed by atoms with Gasteiger partial charge >= 0.3 is 0 Å². The van der Waals surface area contributed by atoms with Gasteiger partial charge in [0.2, 0.25) is 0 Å². The molecule has 2 N–H and O–H groups in total. The maximum atomic E-state index is 6.33. The van der Waals surface area contributed by atoms with Gasteiger partial charge < -0.3 is 5.73 Å². The third kappa shape index (κ3) is 1.81. The predicted molar refractivity (Wildman–Crippen MR) is 78.9 cm³/mol. The lowest BCUT2D eigenvalue weighted by molar-refractivity contribution is 0.715. The molecule has 0 aliphatic heterocycles. The Hall–Kier alpha value is -2.18. The van der Waals surface area contributed by atoms with Crippen molar-refractivity contribution in [3.8, 4) is 0 Å². The van der Waals surface area contributed by atoms with Gasteiger partial charge in [-0.3, -0.25) is 4.40 Å². The highest BCUT2D eigenvalue weighted by molar-refractivity contribution is 7.15. The molecular formula is C14H13N5S. The van der Waals surface area contributed by atoms with Crippen LogP contribution in [0.3, 0.4) is 0 Å². The Morgan fingerprint density at radius 3 is 3.15 bits per heavy atom. The molecule has 1 unspecified atom stereocenters. The van der Waals surface area contributed by atoms with Crippen LogP contribution in [0.2, 0.25) is 0 Å². The Labute approximate surface area is 119 Å². The highest BCUT2D eigenvalue weighted by atomic mass is 32.1. The van der Waals surface area contributed by atoms with Gasteiger partial charge in [-0.05, 0) is 12.1 Å². The summed E-state index contributed by atoms with van der Waals surface area (Å²) in [4.78, 5) is 5.58. The number of imidazole rings is 1. The first-order valence-electron chi connectivity index (χ1n) is 6.40. The van der Waals surface area contributed by atoms with Crippen molar-refractivity contribution in [2.75, 3.05) is 0 Å². The minimum Gasteiger partial charge on any atom is -0.324 e. The van der Waals surface area contributed by atoms with E-state index in [1.807, 2.05) is 57.3 Å². The van der Waals surface area contributed by atoms with Gasteiger partial charge in [0.25, 0.3) is 0 Å². The van der Waals surface area contributed by atoms with E-state index in [2.05, 4.69) is 10.1 Å². The quantitative estimate of drug-likeness (QED) is 0.627. The lowest BCUT2D eigenvalue weighted by atomic mass is 10.1.